The molecule has 0 radical (unpaired) electrons. The Morgan fingerprint density at radius 2 is 2.05 bits per heavy atom. The molecule has 1 aromatic carbocycles. The molecule has 106 valence electrons. The first-order valence-electron chi connectivity index (χ1n) is 6.19. The Morgan fingerprint density at radius 3 is 2.58 bits per heavy atom. The lowest BCUT2D eigenvalue weighted by Crippen LogP contribution is -2.45. The molecule has 0 amide bonds. The molecule has 1 aromatic rings. The van der Waals surface area contributed by atoms with Gasteiger partial charge < -0.3 is 5.11 Å². The Kier molecular flexibility index (Phi) is 3.93. The molecule has 19 heavy (non-hydrogen) atoms. The first kappa shape index (κ1) is 14.8. The second-order valence-corrected chi connectivity index (χ2v) is 7.58. The second-order valence-electron chi connectivity index (χ2n) is 5.52. The van der Waals surface area contributed by atoms with Crippen LogP contribution >= 0.6 is 11.6 Å². The SMILES string of the molecule is CC(C)(NS(=O)(=O)c1cc(CO)ccc1Cl)C1CC1. The Bertz CT molecular complexity index is 580. The third-order valence-electron chi connectivity index (χ3n) is 3.46. The number of benzene rings is 1. The van der Waals surface area contributed by atoms with E-state index in [1.165, 1.54) is 12.1 Å². The summed E-state index contributed by atoms with van der Waals surface area (Å²) in [7, 11) is -3.68. The van der Waals surface area contributed by atoms with Gasteiger partial charge in [-0.25, -0.2) is 13.1 Å². The minimum Gasteiger partial charge on any atom is -0.392 e. The molecular formula is C13H18ClNO3S. The molecule has 0 heterocycles. The van der Waals surface area contributed by atoms with Crippen molar-refractivity contribution in [2.24, 2.45) is 5.92 Å². The first-order chi connectivity index (χ1) is 8.76. The first-order valence-corrected chi connectivity index (χ1v) is 8.05. The van der Waals surface area contributed by atoms with Crippen LogP contribution in [0.5, 0.6) is 0 Å². The van der Waals surface area contributed by atoms with Crippen LogP contribution in [-0.2, 0) is 16.6 Å². The molecule has 0 aromatic heterocycles. The zero-order chi connectivity index (χ0) is 14.3. The number of aliphatic hydroxyl groups excluding tert-OH is 1. The maximum atomic E-state index is 12.4. The number of sulfonamides is 1. The average molecular weight is 304 g/mol. The summed E-state index contributed by atoms with van der Waals surface area (Å²) in [6.45, 7) is 3.55. The summed E-state index contributed by atoms with van der Waals surface area (Å²) in [5.74, 6) is 0.377. The van der Waals surface area contributed by atoms with Gasteiger partial charge in [-0.3, -0.25) is 0 Å². The van der Waals surface area contributed by atoms with Gasteiger partial charge in [0, 0.05) is 5.54 Å². The van der Waals surface area contributed by atoms with Crippen LogP contribution in [0.15, 0.2) is 23.1 Å². The molecule has 0 atom stereocenters. The smallest absolute Gasteiger partial charge is 0.242 e. The molecule has 0 unspecified atom stereocenters. The Morgan fingerprint density at radius 1 is 1.42 bits per heavy atom. The number of hydrogen-bond donors (Lipinski definition) is 2. The van der Waals surface area contributed by atoms with Gasteiger partial charge in [-0.2, -0.15) is 0 Å². The topological polar surface area (TPSA) is 66.4 Å². The summed E-state index contributed by atoms with van der Waals surface area (Å²) in [5, 5.41) is 9.25. The van der Waals surface area contributed by atoms with Crippen LogP contribution in [0.4, 0.5) is 0 Å². The second kappa shape index (κ2) is 5.05. The van der Waals surface area contributed by atoms with Gasteiger partial charge in [-0.1, -0.05) is 17.7 Å². The largest absolute Gasteiger partial charge is 0.392 e. The lowest BCUT2D eigenvalue weighted by molar-refractivity contribution is 0.281. The highest BCUT2D eigenvalue weighted by Crippen LogP contribution is 2.40. The molecule has 1 aliphatic rings. The van der Waals surface area contributed by atoms with Crippen molar-refractivity contribution in [3.63, 3.8) is 0 Å². The highest BCUT2D eigenvalue weighted by atomic mass is 35.5. The standard InChI is InChI=1S/C13H18ClNO3S/c1-13(2,10-4-5-10)15-19(17,18)12-7-9(8-16)3-6-11(12)14/h3,6-7,10,15-16H,4-5,8H2,1-2H3. The molecule has 1 saturated carbocycles. The molecule has 0 saturated heterocycles. The predicted octanol–water partition coefficient (Wildman–Crippen LogP) is 2.30. The molecule has 1 fully saturated rings. The Balaban J connectivity index is 2.33. The predicted molar refractivity (Wildman–Crippen MR) is 74.5 cm³/mol. The molecule has 6 heteroatoms. The van der Waals surface area contributed by atoms with E-state index < -0.39 is 15.6 Å². The molecule has 0 aliphatic heterocycles. The highest BCUT2D eigenvalue weighted by Gasteiger charge is 2.41. The normalized spacial score (nSPS) is 16.6. The van der Waals surface area contributed by atoms with Gasteiger partial charge in [0.15, 0.2) is 0 Å². The summed E-state index contributed by atoms with van der Waals surface area (Å²) in [4.78, 5) is 0.0226. The van der Waals surface area contributed by atoms with E-state index >= 15 is 0 Å². The van der Waals surface area contributed by atoms with Crippen molar-refractivity contribution >= 4 is 21.6 Å². The van der Waals surface area contributed by atoms with Crippen molar-refractivity contribution in [3.05, 3.63) is 28.8 Å². The third kappa shape index (κ3) is 3.28. The number of nitrogens with one attached hydrogen (secondary N) is 1. The average Bonchev–Trinajstić information content (AvgIpc) is 3.12. The van der Waals surface area contributed by atoms with E-state index in [9.17, 15) is 8.42 Å². The van der Waals surface area contributed by atoms with Crippen LogP contribution in [0.2, 0.25) is 5.02 Å². The lowest BCUT2D eigenvalue weighted by atomic mass is 10.0. The zero-order valence-corrected chi connectivity index (χ0v) is 12.6. The highest BCUT2D eigenvalue weighted by molar-refractivity contribution is 7.89. The molecule has 1 aliphatic carbocycles. The summed E-state index contributed by atoms with van der Waals surface area (Å²) in [6, 6.07) is 4.51. The van der Waals surface area contributed by atoms with Gasteiger partial charge in [0.1, 0.15) is 4.90 Å². The fourth-order valence-corrected chi connectivity index (χ4v) is 4.16. The van der Waals surface area contributed by atoms with Gasteiger partial charge in [0.2, 0.25) is 10.0 Å². The number of halogens is 1. The van der Waals surface area contributed by atoms with E-state index in [1.807, 2.05) is 13.8 Å². The number of hydrogen-bond acceptors (Lipinski definition) is 3. The Labute approximate surface area is 118 Å². The molecule has 2 rings (SSSR count). The Hall–Kier alpha value is -0.620. The van der Waals surface area contributed by atoms with Crippen LogP contribution in [0, 0.1) is 5.92 Å². The van der Waals surface area contributed by atoms with Crippen molar-refractivity contribution in [3.8, 4) is 0 Å². The van der Waals surface area contributed by atoms with E-state index in [0.29, 0.717) is 11.5 Å². The fourth-order valence-electron chi connectivity index (χ4n) is 2.14. The molecule has 2 N–H and O–H groups in total. The summed E-state index contributed by atoms with van der Waals surface area (Å²) in [5.41, 5.74) is 0.0474. The van der Waals surface area contributed by atoms with Gasteiger partial charge >= 0.3 is 0 Å². The molecular weight excluding hydrogens is 286 g/mol. The van der Waals surface area contributed by atoms with Crippen LogP contribution < -0.4 is 4.72 Å². The van der Waals surface area contributed by atoms with E-state index in [-0.39, 0.29) is 16.5 Å². The minimum absolute atomic E-state index is 0.0226. The fraction of sp³-hybridized carbons (Fsp3) is 0.538. The summed E-state index contributed by atoms with van der Waals surface area (Å²) >= 11 is 5.96. The quantitative estimate of drug-likeness (QED) is 0.877. The van der Waals surface area contributed by atoms with E-state index in [2.05, 4.69) is 4.72 Å². The van der Waals surface area contributed by atoms with Crippen LogP contribution in [-0.4, -0.2) is 19.1 Å². The van der Waals surface area contributed by atoms with Gasteiger partial charge in [0.05, 0.1) is 11.6 Å². The lowest BCUT2D eigenvalue weighted by Gasteiger charge is -2.26. The molecule has 0 spiro atoms. The van der Waals surface area contributed by atoms with E-state index in [4.69, 9.17) is 16.7 Å². The third-order valence-corrected chi connectivity index (χ3v) is 5.62. The number of aliphatic hydroxyl groups is 1. The van der Waals surface area contributed by atoms with Gasteiger partial charge in [0.25, 0.3) is 0 Å². The monoisotopic (exact) mass is 303 g/mol. The summed E-state index contributed by atoms with van der Waals surface area (Å²) < 4.78 is 27.5. The van der Waals surface area contributed by atoms with Gasteiger partial charge in [-0.05, 0) is 50.3 Å². The van der Waals surface area contributed by atoms with Crippen molar-refractivity contribution in [1.82, 2.24) is 4.72 Å². The minimum atomic E-state index is -3.68. The van der Waals surface area contributed by atoms with Gasteiger partial charge in [-0.15, -0.1) is 0 Å². The van der Waals surface area contributed by atoms with Crippen molar-refractivity contribution in [1.29, 1.82) is 0 Å². The zero-order valence-electron chi connectivity index (χ0n) is 11.0. The molecule has 4 nitrogen and oxygen atoms in total. The number of rotatable bonds is 5. The van der Waals surface area contributed by atoms with Crippen molar-refractivity contribution < 1.29 is 13.5 Å². The van der Waals surface area contributed by atoms with E-state index in [1.54, 1.807) is 6.07 Å². The maximum Gasteiger partial charge on any atom is 0.242 e. The van der Waals surface area contributed by atoms with Crippen LogP contribution in [0.3, 0.4) is 0 Å². The van der Waals surface area contributed by atoms with E-state index in [0.717, 1.165) is 12.8 Å². The van der Waals surface area contributed by atoms with Crippen LogP contribution in [0.1, 0.15) is 32.3 Å². The maximum absolute atomic E-state index is 12.4. The van der Waals surface area contributed by atoms with Crippen molar-refractivity contribution in [2.45, 2.75) is 43.7 Å². The molecule has 0 bridgehead atoms. The summed E-state index contributed by atoms with van der Waals surface area (Å²) in [6.07, 6.45) is 2.08. The van der Waals surface area contributed by atoms with Crippen molar-refractivity contribution in [2.75, 3.05) is 0 Å². The van der Waals surface area contributed by atoms with Crippen LogP contribution in [0.25, 0.3) is 0 Å².